The minimum Gasteiger partial charge on any atom is -0.492 e. The Labute approximate surface area is 191 Å². The number of hydrogen-bond acceptors (Lipinski definition) is 6. The fourth-order valence-electron chi connectivity index (χ4n) is 3.72. The maximum Gasteiger partial charge on any atom is 0.337 e. The van der Waals surface area contributed by atoms with Gasteiger partial charge in [0.15, 0.2) is 0 Å². The Morgan fingerprint density at radius 3 is 2.33 bits per heavy atom. The number of carbonyl (C=O) groups excluding carboxylic acids is 2. The lowest BCUT2D eigenvalue weighted by Gasteiger charge is -2.37. The Morgan fingerprint density at radius 1 is 1.09 bits per heavy atom. The van der Waals surface area contributed by atoms with Crippen LogP contribution < -0.4 is 15.4 Å². The van der Waals surface area contributed by atoms with E-state index in [9.17, 15) is 18.4 Å². The first kappa shape index (κ1) is 24.6. The molecule has 0 saturated carbocycles. The highest BCUT2D eigenvalue weighted by molar-refractivity contribution is 5.89. The van der Waals surface area contributed by atoms with Gasteiger partial charge in [-0.1, -0.05) is 12.1 Å². The summed E-state index contributed by atoms with van der Waals surface area (Å²) in [6.07, 6.45) is 0.947. The summed E-state index contributed by atoms with van der Waals surface area (Å²) in [5.74, 6) is -1.94. The van der Waals surface area contributed by atoms with Crippen LogP contribution in [-0.2, 0) is 14.3 Å². The molecule has 0 unspecified atom stereocenters. The lowest BCUT2D eigenvalue weighted by atomic mass is 9.88. The molecular weight excluding hydrogens is 434 g/mol. The highest BCUT2D eigenvalue weighted by atomic mass is 19.1. The van der Waals surface area contributed by atoms with Gasteiger partial charge in [-0.05, 0) is 37.5 Å². The van der Waals surface area contributed by atoms with Gasteiger partial charge in [0, 0.05) is 38.0 Å². The van der Waals surface area contributed by atoms with Crippen LogP contribution in [0.3, 0.4) is 0 Å². The third kappa shape index (κ3) is 6.49. The Hall–Kier alpha value is -3.04. The minimum atomic E-state index is -0.852. The average Bonchev–Trinajstić information content (AvgIpc) is 2.81. The van der Waals surface area contributed by atoms with Crippen LogP contribution in [0, 0.1) is 11.6 Å². The molecule has 9 heteroatoms. The molecule has 1 amide bonds. The maximum atomic E-state index is 13.3. The number of hydrogen-bond donors (Lipinski definition) is 2. The fourth-order valence-corrected chi connectivity index (χ4v) is 3.72. The summed E-state index contributed by atoms with van der Waals surface area (Å²) in [4.78, 5) is 24.8. The van der Waals surface area contributed by atoms with E-state index in [-0.39, 0.29) is 24.3 Å². The van der Waals surface area contributed by atoms with Crippen LogP contribution in [-0.4, -0.2) is 50.9 Å². The molecule has 1 heterocycles. The fraction of sp³-hybridized carbons (Fsp3) is 0.417. The van der Waals surface area contributed by atoms with Crippen LogP contribution in [0.2, 0.25) is 0 Å². The van der Waals surface area contributed by atoms with Crippen molar-refractivity contribution in [2.45, 2.75) is 31.3 Å². The molecule has 0 aliphatic carbocycles. The first-order valence-electron chi connectivity index (χ1n) is 10.7. The maximum absolute atomic E-state index is 13.3. The number of nitrogens with one attached hydrogen (secondary N) is 2. The number of esters is 1. The zero-order valence-electron chi connectivity index (χ0n) is 18.7. The molecule has 2 aromatic rings. The third-order valence-corrected chi connectivity index (χ3v) is 5.63. The van der Waals surface area contributed by atoms with Crippen LogP contribution in [0.4, 0.5) is 8.78 Å². The molecule has 1 aliphatic rings. The number of amides is 1. The molecule has 1 atom stereocenters. The van der Waals surface area contributed by atoms with E-state index >= 15 is 0 Å². The first-order chi connectivity index (χ1) is 15.8. The second-order valence-corrected chi connectivity index (χ2v) is 7.88. The smallest absolute Gasteiger partial charge is 0.337 e. The topological polar surface area (TPSA) is 85.9 Å². The summed E-state index contributed by atoms with van der Waals surface area (Å²) in [5.41, 5.74) is 0.421. The second-order valence-electron chi connectivity index (χ2n) is 7.88. The van der Waals surface area contributed by atoms with Gasteiger partial charge in [0.1, 0.15) is 29.5 Å². The summed E-state index contributed by atoms with van der Waals surface area (Å²) >= 11 is 0. The summed E-state index contributed by atoms with van der Waals surface area (Å²) in [7, 11) is 1.32. The molecule has 1 aliphatic heterocycles. The molecule has 7 nitrogen and oxygen atoms in total. The van der Waals surface area contributed by atoms with Crippen molar-refractivity contribution in [1.82, 2.24) is 10.6 Å². The van der Waals surface area contributed by atoms with Crippen molar-refractivity contribution in [3.05, 3.63) is 65.2 Å². The van der Waals surface area contributed by atoms with E-state index in [1.807, 2.05) is 6.92 Å². The molecule has 33 heavy (non-hydrogen) atoms. The lowest BCUT2D eigenvalue weighted by Crippen LogP contribution is -2.60. The molecule has 178 valence electrons. The van der Waals surface area contributed by atoms with E-state index in [1.165, 1.54) is 7.11 Å². The molecule has 0 spiro atoms. The minimum absolute atomic E-state index is 0.0869. The Balaban J connectivity index is 1.59. The van der Waals surface area contributed by atoms with Crippen molar-refractivity contribution in [1.29, 1.82) is 0 Å². The van der Waals surface area contributed by atoms with E-state index < -0.39 is 23.1 Å². The van der Waals surface area contributed by atoms with Crippen LogP contribution in [0.5, 0.6) is 5.75 Å². The van der Waals surface area contributed by atoms with Crippen LogP contribution in [0.1, 0.15) is 41.7 Å². The van der Waals surface area contributed by atoms with Gasteiger partial charge in [-0.15, -0.1) is 0 Å². The van der Waals surface area contributed by atoms with Crippen molar-refractivity contribution in [2.75, 3.05) is 33.5 Å². The first-order valence-corrected chi connectivity index (χ1v) is 10.7. The van der Waals surface area contributed by atoms with E-state index in [0.717, 1.165) is 23.8 Å². The quantitative estimate of drug-likeness (QED) is 0.440. The highest BCUT2D eigenvalue weighted by Crippen LogP contribution is 2.23. The number of benzene rings is 2. The van der Waals surface area contributed by atoms with Gasteiger partial charge in [-0.2, -0.15) is 0 Å². The predicted octanol–water partition coefficient (Wildman–Crippen LogP) is 3.15. The number of rotatable bonds is 9. The average molecular weight is 462 g/mol. The van der Waals surface area contributed by atoms with Crippen molar-refractivity contribution in [2.24, 2.45) is 0 Å². The van der Waals surface area contributed by atoms with Crippen molar-refractivity contribution in [3.8, 4) is 5.75 Å². The van der Waals surface area contributed by atoms with Gasteiger partial charge in [0.25, 0.3) is 0 Å². The largest absolute Gasteiger partial charge is 0.492 e. The summed E-state index contributed by atoms with van der Waals surface area (Å²) in [6, 6.07) is 9.53. The van der Waals surface area contributed by atoms with Gasteiger partial charge in [0.2, 0.25) is 5.91 Å². The molecular formula is C24H28F2N2O5. The third-order valence-electron chi connectivity index (χ3n) is 5.63. The van der Waals surface area contributed by atoms with Crippen LogP contribution in [0.25, 0.3) is 0 Å². The number of carbonyl (C=O) groups is 2. The van der Waals surface area contributed by atoms with E-state index in [4.69, 9.17) is 14.2 Å². The predicted molar refractivity (Wildman–Crippen MR) is 117 cm³/mol. The van der Waals surface area contributed by atoms with E-state index in [2.05, 4.69) is 10.6 Å². The van der Waals surface area contributed by atoms with Gasteiger partial charge >= 0.3 is 5.97 Å². The standard InChI is InChI=1S/C24H28F2N2O5/c1-16(17-3-5-18(6-4-17)22(29)31-2)28-23(30)24(7-10-32-11-8-24)27-9-12-33-21-14-19(25)13-20(26)15-21/h3-6,13-16,27H,7-12H2,1-2H3,(H,28,30)/t16-/m0/s1. The zero-order valence-corrected chi connectivity index (χ0v) is 18.7. The molecule has 2 N–H and O–H groups in total. The normalized spacial score (nSPS) is 16.0. The van der Waals surface area contributed by atoms with Crippen molar-refractivity contribution >= 4 is 11.9 Å². The number of ether oxygens (including phenoxy) is 3. The molecule has 1 saturated heterocycles. The molecule has 0 aromatic heterocycles. The highest BCUT2D eigenvalue weighted by Gasteiger charge is 2.40. The SMILES string of the molecule is COC(=O)c1ccc([C@H](C)NC(=O)C2(NCCOc3cc(F)cc(F)c3)CCOCC2)cc1. The van der Waals surface area contributed by atoms with Gasteiger partial charge in [0.05, 0.1) is 18.7 Å². The monoisotopic (exact) mass is 462 g/mol. The van der Waals surface area contributed by atoms with Gasteiger partial charge in [-0.3, -0.25) is 10.1 Å². The molecule has 0 radical (unpaired) electrons. The summed E-state index contributed by atoms with van der Waals surface area (Å²) in [6.45, 7) is 3.15. The van der Waals surface area contributed by atoms with Gasteiger partial charge < -0.3 is 19.5 Å². The summed E-state index contributed by atoms with van der Waals surface area (Å²) in [5, 5.41) is 6.29. The van der Waals surface area contributed by atoms with Gasteiger partial charge in [-0.25, -0.2) is 13.6 Å². The summed E-state index contributed by atoms with van der Waals surface area (Å²) < 4.78 is 42.2. The molecule has 3 rings (SSSR count). The zero-order chi connectivity index (χ0) is 23.8. The lowest BCUT2D eigenvalue weighted by molar-refractivity contribution is -0.132. The number of methoxy groups -OCH3 is 1. The Kier molecular flexibility index (Phi) is 8.35. The Morgan fingerprint density at radius 2 is 1.73 bits per heavy atom. The van der Waals surface area contributed by atoms with Crippen molar-refractivity contribution < 1.29 is 32.6 Å². The van der Waals surface area contributed by atoms with Crippen LogP contribution >= 0.6 is 0 Å². The Bertz CT molecular complexity index is 942. The van der Waals surface area contributed by atoms with Crippen molar-refractivity contribution in [3.63, 3.8) is 0 Å². The molecule has 1 fully saturated rings. The van der Waals surface area contributed by atoms with Crippen LogP contribution in [0.15, 0.2) is 42.5 Å². The number of halogens is 2. The van der Waals surface area contributed by atoms with E-state index in [1.54, 1.807) is 24.3 Å². The molecule has 2 aromatic carbocycles. The second kappa shape index (κ2) is 11.2. The molecule has 0 bridgehead atoms. The van der Waals surface area contributed by atoms with E-state index in [0.29, 0.717) is 38.2 Å².